The van der Waals surface area contributed by atoms with Crippen LogP contribution in [0.25, 0.3) is 0 Å². The molecule has 2 N–H and O–H groups in total. The number of halogens is 1. The number of nitrogens with one attached hydrogen (secondary N) is 2. The van der Waals surface area contributed by atoms with Gasteiger partial charge < -0.3 is 15.1 Å². The Labute approximate surface area is 137 Å². The van der Waals surface area contributed by atoms with Gasteiger partial charge in [-0.3, -0.25) is 9.59 Å². The monoisotopic (exact) mass is 326 g/mol. The number of likely N-dealkylation sites (N-methyl/N-ethyl adjacent to an activating group) is 2. The maximum absolute atomic E-state index is 12.0. The Hall–Kier alpha value is -1.59. The van der Waals surface area contributed by atoms with Crippen molar-refractivity contribution >= 4 is 23.4 Å². The maximum Gasteiger partial charge on any atom is 0.277 e. The summed E-state index contributed by atoms with van der Waals surface area (Å²) >= 11 is 6.04. The van der Waals surface area contributed by atoms with Gasteiger partial charge in [-0.2, -0.15) is 0 Å². The molecule has 0 saturated carbocycles. The first-order valence-corrected chi connectivity index (χ1v) is 7.94. The second-order valence-corrected chi connectivity index (χ2v) is 5.65. The van der Waals surface area contributed by atoms with E-state index >= 15 is 0 Å². The molecule has 0 aliphatic carbocycles. The first-order chi connectivity index (χ1) is 10.5. The Morgan fingerprint density at radius 3 is 2.41 bits per heavy atom. The number of carbonyl (C=O) groups is 2. The van der Waals surface area contributed by atoms with E-state index in [1.54, 1.807) is 11.0 Å². The van der Waals surface area contributed by atoms with Crippen molar-refractivity contribution < 1.29 is 14.5 Å². The molecule has 0 bridgehead atoms. The van der Waals surface area contributed by atoms with Crippen LogP contribution in [0.3, 0.4) is 0 Å². The van der Waals surface area contributed by atoms with E-state index in [1.165, 1.54) is 0 Å². The molecule has 1 aromatic carbocycles. The van der Waals surface area contributed by atoms with E-state index in [9.17, 15) is 9.59 Å². The minimum Gasteiger partial charge on any atom is -0.347 e. The molecule has 0 heterocycles. The number of benzene rings is 1. The summed E-state index contributed by atoms with van der Waals surface area (Å²) in [5.41, 5.74) is 0.884. The highest BCUT2D eigenvalue weighted by molar-refractivity contribution is 6.31. The molecule has 5 nitrogen and oxygen atoms in total. The number of amides is 2. The largest absolute Gasteiger partial charge is 0.347 e. The minimum absolute atomic E-state index is 0.0707. The van der Waals surface area contributed by atoms with E-state index < -0.39 is 0 Å². The summed E-state index contributed by atoms with van der Waals surface area (Å²) in [6, 6.07) is 7.41. The third-order valence-corrected chi connectivity index (χ3v) is 3.83. The number of quaternary nitrogens is 1. The lowest BCUT2D eigenvalue weighted by Crippen LogP contribution is -3.11. The molecule has 2 amide bonds. The fraction of sp³-hybridized carbons (Fsp3) is 0.500. The zero-order valence-electron chi connectivity index (χ0n) is 13.5. The van der Waals surface area contributed by atoms with Crippen molar-refractivity contribution in [2.75, 3.05) is 33.2 Å². The second-order valence-electron chi connectivity index (χ2n) is 5.24. The number of hydrogen-bond donors (Lipinski definition) is 2. The molecule has 0 aromatic heterocycles. The summed E-state index contributed by atoms with van der Waals surface area (Å²) in [7, 11) is 1.84. The SMILES string of the molecule is CCN(CC)C(=O)C[NH+](C)CC(=O)NCc1ccccc1Cl. The van der Waals surface area contributed by atoms with E-state index in [0.29, 0.717) is 31.2 Å². The molecule has 22 heavy (non-hydrogen) atoms. The van der Waals surface area contributed by atoms with Gasteiger partial charge in [0.15, 0.2) is 13.1 Å². The molecule has 0 aliphatic rings. The zero-order chi connectivity index (χ0) is 16.5. The van der Waals surface area contributed by atoms with Gasteiger partial charge >= 0.3 is 0 Å². The molecule has 1 aromatic rings. The van der Waals surface area contributed by atoms with E-state index in [-0.39, 0.29) is 18.4 Å². The first kappa shape index (κ1) is 18.5. The lowest BCUT2D eigenvalue weighted by Gasteiger charge is -2.20. The van der Waals surface area contributed by atoms with Gasteiger partial charge in [-0.15, -0.1) is 0 Å². The van der Waals surface area contributed by atoms with Crippen molar-refractivity contribution in [3.8, 4) is 0 Å². The quantitative estimate of drug-likeness (QED) is 0.724. The molecule has 122 valence electrons. The molecule has 0 aliphatic heterocycles. The van der Waals surface area contributed by atoms with Gasteiger partial charge in [-0.05, 0) is 25.5 Å². The smallest absolute Gasteiger partial charge is 0.277 e. The molecular weight excluding hydrogens is 302 g/mol. The van der Waals surface area contributed by atoms with Crippen LogP contribution in [-0.4, -0.2) is 49.9 Å². The van der Waals surface area contributed by atoms with Gasteiger partial charge in [0, 0.05) is 24.7 Å². The number of hydrogen-bond acceptors (Lipinski definition) is 2. The van der Waals surface area contributed by atoms with Crippen LogP contribution in [0.15, 0.2) is 24.3 Å². The van der Waals surface area contributed by atoms with E-state index in [4.69, 9.17) is 11.6 Å². The van der Waals surface area contributed by atoms with Crippen molar-refractivity contribution in [2.45, 2.75) is 20.4 Å². The Morgan fingerprint density at radius 2 is 1.82 bits per heavy atom. The van der Waals surface area contributed by atoms with Crippen LogP contribution < -0.4 is 10.2 Å². The molecule has 0 spiro atoms. The van der Waals surface area contributed by atoms with Gasteiger partial charge in [0.2, 0.25) is 0 Å². The van der Waals surface area contributed by atoms with Crippen molar-refractivity contribution in [2.24, 2.45) is 0 Å². The summed E-state index contributed by atoms with van der Waals surface area (Å²) in [5.74, 6) is -0.0221. The van der Waals surface area contributed by atoms with Crippen molar-refractivity contribution in [1.82, 2.24) is 10.2 Å². The normalized spacial score (nSPS) is 11.8. The highest BCUT2D eigenvalue weighted by Gasteiger charge is 2.17. The lowest BCUT2D eigenvalue weighted by atomic mass is 10.2. The van der Waals surface area contributed by atoms with E-state index in [0.717, 1.165) is 10.5 Å². The Bertz CT molecular complexity index is 504. The van der Waals surface area contributed by atoms with Gasteiger partial charge in [0.1, 0.15) is 0 Å². The topological polar surface area (TPSA) is 53.9 Å². The fourth-order valence-corrected chi connectivity index (χ4v) is 2.38. The average molecular weight is 327 g/mol. The van der Waals surface area contributed by atoms with Crippen LogP contribution >= 0.6 is 11.6 Å². The Balaban J connectivity index is 2.38. The standard InChI is InChI=1S/C16H24ClN3O2/c1-4-20(5-2)16(22)12-19(3)11-15(21)18-10-13-8-6-7-9-14(13)17/h6-9H,4-5,10-12H2,1-3H3,(H,18,21)/p+1. The summed E-state index contributed by atoms with van der Waals surface area (Å²) in [6.07, 6.45) is 0. The van der Waals surface area contributed by atoms with Crippen molar-refractivity contribution in [3.63, 3.8) is 0 Å². The zero-order valence-corrected chi connectivity index (χ0v) is 14.2. The lowest BCUT2D eigenvalue weighted by molar-refractivity contribution is -0.863. The summed E-state index contributed by atoms with van der Waals surface area (Å²) in [6.45, 7) is 6.27. The van der Waals surface area contributed by atoms with E-state index in [2.05, 4.69) is 5.32 Å². The predicted molar refractivity (Wildman–Crippen MR) is 87.8 cm³/mol. The van der Waals surface area contributed by atoms with Gasteiger partial charge in [-0.25, -0.2) is 0 Å². The van der Waals surface area contributed by atoms with Gasteiger partial charge in [0.25, 0.3) is 11.8 Å². The van der Waals surface area contributed by atoms with Crippen LogP contribution in [0.1, 0.15) is 19.4 Å². The van der Waals surface area contributed by atoms with Gasteiger partial charge in [0.05, 0.1) is 7.05 Å². The third kappa shape index (κ3) is 6.03. The molecule has 0 saturated heterocycles. The first-order valence-electron chi connectivity index (χ1n) is 7.57. The molecule has 1 atom stereocenters. The summed E-state index contributed by atoms with van der Waals surface area (Å²) in [4.78, 5) is 26.5. The van der Waals surface area contributed by atoms with Crippen molar-refractivity contribution in [1.29, 1.82) is 0 Å². The number of carbonyl (C=O) groups excluding carboxylic acids is 2. The van der Waals surface area contributed by atoms with E-state index in [1.807, 2.05) is 39.1 Å². The number of rotatable bonds is 8. The molecule has 1 unspecified atom stereocenters. The Kier molecular flexibility index (Phi) is 7.91. The molecule has 1 rings (SSSR count). The summed E-state index contributed by atoms with van der Waals surface area (Å²) in [5, 5.41) is 3.47. The Morgan fingerprint density at radius 1 is 1.18 bits per heavy atom. The van der Waals surface area contributed by atoms with Crippen LogP contribution in [0.5, 0.6) is 0 Å². The highest BCUT2D eigenvalue weighted by atomic mass is 35.5. The highest BCUT2D eigenvalue weighted by Crippen LogP contribution is 2.13. The van der Waals surface area contributed by atoms with Crippen LogP contribution in [0.2, 0.25) is 5.02 Å². The summed E-state index contributed by atoms with van der Waals surface area (Å²) < 4.78 is 0. The van der Waals surface area contributed by atoms with Crippen LogP contribution in [-0.2, 0) is 16.1 Å². The molecule has 0 radical (unpaired) electrons. The molecule has 0 fully saturated rings. The molecular formula is C16H25ClN3O2+. The molecule has 6 heteroatoms. The second kappa shape index (κ2) is 9.43. The predicted octanol–water partition coefficient (Wildman–Crippen LogP) is 0.339. The van der Waals surface area contributed by atoms with Crippen molar-refractivity contribution in [3.05, 3.63) is 34.9 Å². The third-order valence-electron chi connectivity index (χ3n) is 3.47. The van der Waals surface area contributed by atoms with Crippen LogP contribution in [0, 0.1) is 0 Å². The fourth-order valence-electron chi connectivity index (χ4n) is 2.18. The van der Waals surface area contributed by atoms with Crippen LogP contribution in [0.4, 0.5) is 0 Å². The van der Waals surface area contributed by atoms with Gasteiger partial charge in [-0.1, -0.05) is 29.8 Å². The number of nitrogens with zero attached hydrogens (tertiary/aromatic N) is 1. The minimum atomic E-state index is -0.0928. The maximum atomic E-state index is 12.0. The average Bonchev–Trinajstić information content (AvgIpc) is 2.47.